The Balaban J connectivity index is 1.33. The number of esters is 1. The number of carbonyl (C=O) groups excluding carboxylic acids is 2. The van der Waals surface area contributed by atoms with Crippen LogP contribution in [0.5, 0.6) is 0 Å². The molecular weight excluding hydrogens is 578 g/mol. The number of anilines is 2. The average molecular weight is 605 g/mol. The minimum atomic E-state index is -0.810. The summed E-state index contributed by atoms with van der Waals surface area (Å²) in [4.78, 5) is 37.8. The van der Waals surface area contributed by atoms with Crippen molar-refractivity contribution < 1.29 is 23.1 Å². The van der Waals surface area contributed by atoms with Crippen molar-refractivity contribution in [3.05, 3.63) is 106 Å². The van der Waals surface area contributed by atoms with Crippen molar-refractivity contribution in [2.45, 2.75) is 25.9 Å². The van der Waals surface area contributed by atoms with Crippen LogP contribution in [0.2, 0.25) is 5.02 Å². The minimum absolute atomic E-state index is 0.0967. The van der Waals surface area contributed by atoms with Gasteiger partial charge in [-0.15, -0.1) is 0 Å². The molecule has 0 saturated carbocycles. The van der Waals surface area contributed by atoms with Crippen LogP contribution < -0.4 is 16.4 Å². The summed E-state index contributed by atoms with van der Waals surface area (Å²) in [6.07, 6.45) is 1.85. The van der Waals surface area contributed by atoms with Crippen LogP contribution in [0.25, 0.3) is 11.3 Å². The van der Waals surface area contributed by atoms with E-state index in [4.69, 9.17) is 27.1 Å². The Bertz CT molecular complexity index is 1690. The van der Waals surface area contributed by atoms with E-state index < -0.39 is 23.6 Å². The third-order valence-electron chi connectivity index (χ3n) is 6.70. The normalized spacial score (nSPS) is 12.7. The molecule has 0 saturated heterocycles. The standard InChI is InChI=1S/C31H27ClF2N6O3/c1-2-43-30(42)25(35)12-13-36-29(41)17-6-9-20(10-7-17)39-31-38-16-18-15-37-28(26-23(33)4-3-5-24(26)34)22-14-19(32)8-11-21(22)27(18)40-31/h3-11,14,16,25H,2,12-13,15,35H2,1H3,(H,36,41)(H,38,39,40). The highest BCUT2D eigenvalue weighted by molar-refractivity contribution is 6.31. The zero-order valence-electron chi connectivity index (χ0n) is 23.0. The van der Waals surface area contributed by atoms with Crippen LogP contribution in [0.15, 0.2) is 71.9 Å². The summed E-state index contributed by atoms with van der Waals surface area (Å²) in [6.45, 7) is 2.25. The molecule has 9 nitrogen and oxygen atoms in total. The van der Waals surface area contributed by atoms with Gasteiger partial charge in [0.1, 0.15) is 17.7 Å². The highest BCUT2D eigenvalue weighted by atomic mass is 35.5. The lowest BCUT2D eigenvalue weighted by Crippen LogP contribution is -2.36. The van der Waals surface area contributed by atoms with Gasteiger partial charge in [0.05, 0.1) is 30.1 Å². The van der Waals surface area contributed by atoms with E-state index >= 15 is 0 Å². The number of hydrogen-bond donors (Lipinski definition) is 3. The van der Waals surface area contributed by atoms with E-state index in [1.807, 2.05) is 0 Å². The number of aromatic nitrogens is 2. The second-order valence-electron chi connectivity index (χ2n) is 9.62. The number of hydrogen-bond acceptors (Lipinski definition) is 8. The third-order valence-corrected chi connectivity index (χ3v) is 6.93. The molecule has 4 aromatic rings. The van der Waals surface area contributed by atoms with Crippen LogP contribution >= 0.6 is 11.6 Å². The quantitative estimate of drug-likeness (QED) is 0.224. The second-order valence-corrected chi connectivity index (χ2v) is 10.1. The number of benzene rings is 3. The molecule has 3 aromatic carbocycles. The van der Waals surface area contributed by atoms with Crippen LogP contribution in [0, 0.1) is 11.6 Å². The summed E-state index contributed by atoms with van der Waals surface area (Å²) >= 11 is 6.29. The Kier molecular flexibility index (Phi) is 9.03. The molecule has 220 valence electrons. The van der Waals surface area contributed by atoms with E-state index in [0.29, 0.717) is 38.7 Å². The average Bonchev–Trinajstić information content (AvgIpc) is 3.14. The van der Waals surface area contributed by atoms with Crippen molar-refractivity contribution >= 4 is 40.8 Å². The first-order valence-corrected chi connectivity index (χ1v) is 13.9. The van der Waals surface area contributed by atoms with Crippen molar-refractivity contribution in [3.63, 3.8) is 0 Å². The molecule has 1 atom stereocenters. The highest BCUT2D eigenvalue weighted by Crippen LogP contribution is 2.34. The fourth-order valence-corrected chi connectivity index (χ4v) is 4.74. The van der Waals surface area contributed by atoms with Crippen LogP contribution in [-0.2, 0) is 16.1 Å². The Labute approximate surface area is 251 Å². The number of nitrogens with two attached hydrogens (primary N) is 1. The summed E-state index contributed by atoms with van der Waals surface area (Å²) in [5.41, 5.74) is 8.93. The Morgan fingerprint density at radius 2 is 1.81 bits per heavy atom. The molecule has 5 rings (SSSR count). The lowest BCUT2D eigenvalue weighted by atomic mass is 9.95. The molecule has 0 aliphatic carbocycles. The van der Waals surface area contributed by atoms with E-state index in [1.165, 1.54) is 18.2 Å². The van der Waals surface area contributed by atoms with E-state index in [2.05, 4.69) is 20.6 Å². The van der Waals surface area contributed by atoms with E-state index in [1.54, 1.807) is 55.6 Å². The molecule has 0 spiro atoms. The van der Waals surface area contributed by atoms with Crippen LogP contribution in [0.4, 0.5) is 20.4 Å². The molecule has 1 aliphatic heterocycles. The molecule has 4 N–H and O–H groups in total. The van der Waals surface area contributed by atoms with Crippen LogP contribution in [-0.4, -0.2) is 46.7 Å². The topological polar surface area (TPSA) is 132 Å². The first kappa shape index (κ1) is 29.7. The maximum absolute atomic E-state index is 14.8. The zero-order valence-corrected chi connectivity index (χ0v) is 23.8. The molecule has 0 fully saturated rings. The van der Waals surface area contributed by atoms with E-state index in [9.17, 15) is 18.4 Å². The number of halogens is 3. The van der Waals surface area contributed by atoms with Gasteiger partial charge < -0.3 is 21.1 Å². The number of fused-ring (bicyclic) bond motifs is 3. The molecular formula is C31H27ClF2N6O3. The summed E-state index contributed by atoms with van der Waals surface area (Å²) in [5, 5.41) is 6.23. The molecule has 43 heavy (non-hydrogen) atoms. The summed E-state index contributed by atoms with van der Waals surface area (Å²) in [6, 6.07) is 14.5. The lowest BCUT2D eigenvalue weighted by molar-refractivity contribution is -0.144. The predicted molar refractivity (Wildman–Crippen MR) is 159 cm³/mol. The van der Waals surface area contributed by atoms with E-state index in [0.717, 1.165) is 0 Å². The van der Waals surface area contributed by atoms with Gasteiger partial charge in [-0.25, -0.2) is 18.7 Å². The lowest BCUT2D eigenvalue weighted by Gasteiger charge is -2.13. The Morgan fingerprint density at radius 1 is 1.07 bits per heavy atom. The Hall–Kier alpha value is -4.74. The van der Waals surface area contributed by atoms with Gasteiger partial charge in [-0.2, -0.15) is 0 Å². The van der Waals surface area contributed by atoms with Gasteiger partial charge in [0.2, 0.25) is 5.95 Å². The van der Waals surface area contributed by atoms with Crippen molar-refractivity contribution in [1.82, 2.24) is 15.3 Å². The first-order valence-electron chi connectivity index (χ1n) is 13.5. The van der Waals surface area contributed by atoms with Gasteiger partial charge in [0, 0.05) is 45.7 Å². The number of amides is 1. The van der Waals surface area contributed by atoms with Crippen LogP contribution in [0.3, 0.4) is 0 Å². The maximum atomic E-state index is 14.8. The van der Waals surface area contributed by atoms with Crippen molar-refractivity contribution in [2.75, 3.05) is 18.5 Å². The highest BCUT2D eigenvalue weighted by Gasteiger charge is 2.25. The van der Waals surface area contributed by atoms with Gasteiger partial charge in [0.15, 0.2) is 0 Å². The minimum Gasteiger partial charge on any atom is -0.465 e. The molecule has 1 aromatic heterocycles. The van der Waals surface area contributed by atoms with Gasteiger partial charge in [0.25, 0.3) is 5.91 Å². The zero-order chi connectivity index (χ0) is 30.5. The molecule has 1 amide bonds. The fraction of sp³-hybridized carbons (Fsp3) is 0.194. The Morgan fingerprint density at radius 3 is 2.53 bits per heavy atom. The SMILES string of the molecule is CCOC(=O)C(N)CCNC(=O)c1ccc(Nc2ncc3c(n2)-c2ccc(Cl)cc2C(c2c(F)cccc2F)=NC3)cc1. The van der Waals surface area contributed by atoms with Crippen molar-refractivity contribution in [2.24, 2.45) is 10.7 Å². The molecule has 0 bridgehead atoms. The maximum Gasteiger partial charge on any atom is 0.322 e. The molecule has 1 unspecified atom stereocenters. The smallest absolute Gasteiger partial charge is 0.322 e. The van der Waals surface area contributed by atoms with Crippen LogP contribution in [0.1, 0.15) is 40.4 Å². The fourth-order valence-electron chi connectivity index (χ4n) is 4.57. The number of nitrogens with one attached hydrogen (secondary N) is 2. The van der Waals surface area contributed by atoms with Gasteiger partial charge in [-0.05, 0) is 61.9 Å². The van der Waals surface area contributed by atoms with Crippen molar-refractivity contribution in [1.29, 1.82) is 0 Å². The number of rotatable bonds is 9. The van der Waals surface area contributed by atoms with Gasteiger partial charge in [-0.3, -0.25) is 14.6 Å². The summed E-state index contributed by atoms with van der Waals surface area (Å²) in [7, 11) is 0. The van der Waals surface area contributed by atoms with Gasteiger partial charge >= 0.3 is 5.97 Å². The molecule has 1 aliphatic rings. The largest absolute Gasteiger partial charge is 0.465 e. The number of aliphatic imine (C=N–C) groups is 1. The third kappa shape index (κ3) is 6.68. The summed E-state index contributed by atoms with van der Waals surface area (Å²) < 4.78 is 34.4. The number of carbonyl (C=O) groups is 2. The molecule has 12 heteroatoms. The molecule has 2 heterocycles. The first-order chi connectivity index (χ1) is 20.7. The predicted octanol–water partition coefficient (Wildman–Crippen LogP) is 5.18. The molecule has 0 radical (unpaired) electrons. The van der Waals surface area contributed by atoms with E-state index in [-0.39, 0.29) is 49.2 Å². The second kappa shape index (κ2) is 13.1. The summed E-state index contributed by atoms with van der Waals surface area (Å²) in [5.74, 6) is -2.03. The monoisotopic (exact) mass is 604 g/mol. The number of ether oxygens (including phenoxy) is 1. The number of nitrogens with zero attached hydrogens (tertiary/aromatic N) is 3. The van der Waals surface area contributed by atoms with Gasteiger partial charge in [-0.1, -0.05) is 23.7 Å². The van der Waals surface area contributed by atoms with Crippen molar-refractivity contribution in [3.8, 4) is 11.3 Å².